The molecule has 6 atom stereocenters. The zero-order valence-corrected chi connectivity index (χ0v) is 21.7. The molecule has 5 N–H and O–H groups in total. The maximum Gasteiger partial charge on any atom is 0.175 e. The van der Waals surface area contributed by atoms with Crippen LogP contribution in [0.3, 0.4) is 0 Å². The van der Waals surface area contributed by atoms with Crippen LogP contribution in [0.4, 0.5) is 0 Å². The Morgan fingerprint density at radius 1 is 0.794 bits per heavy atom. The summed E-state index contributed by atoms with van der Waals surface area (Å²) in [5.74, 6) is 0. The summed E-state index contributed by atoms with van der Waals surface area (Å²) < 4.78 is 22.2. The van der Waals surface area contributed by atoms with Crippen LogP contribution < -0.4 is 5.73 Å². The van der Waals surface area contributed by atoms with Crippen LogP contribution in [0.25, 0.3) is 0 Å². The maximum atomic E-state index is 10.00. The molecule has 0 saturated carbocycles. The molecule has 1 saturated heterocycles. The van der Waals surface area contributed by atoms with Crippen molar-refractivity contribution in [3.8, 4) is 0 Å². The fourth-order valence-corrected chi connectivity index (χ4v) is 4.25. The van der Waals surface area contributed by atoms with E-state index in [0.717, 1.165) is 6.42 Å². The molecule has 1 heterocycles. The van der Waals surface area contributed by atoms with Gasteiger partial charge in [0.1, 0.15) is 24.4 Å². The number of aliphatic hydroxyl groups is 3. The van der Waals surface area contributed by atoms with E-state index in [4.69, 9.17) is 24.7 Å². The highest BCUT2D eigenvalue weighted by Crippen LogP contribution is 2.21. The molecule has 1 aliphatic heterocycles. The standard InChI is InChI=1S/C26H53NO7/c1-3-4-5-6-7-8-9-10-11-12-13-14-15-16-17-32-19-21(31-2)20-33-26-23(27)25(30)24(29)22(18-28)34-26/h21-26,28-30H,3-20,27H2,1-2H3/t21-,22-,23-,24+,25-,26+/m1/s1. The first kappa shape index (κ1) is 31.7. The van der Waals surface area contributed by atoms with E-state index in [0.29, 0.717) is 13.2 Å². The highest BCUT2D eigenvalue weighted by Gasteiger charge is 2.43. The van der Waals surface area contributed by atoms with Crippen molar-refractivity contribution in [1.82, 2.24) is 0 Å². The second-order valence-corrected chi connectivity index (χ2v) is 9.65. The molecule has 204 valence electrons. The zero-order chi connectivity index (χ0) is 25.0. The van der Waals surface area contributed by atoms with Gasteiger partial charge < -0.3 is 40.0 Å². The quantitative estimate of drug-likeness (QED) is 0.170. The lowest BCUT2D eigenvalue weighted by molar-refractivity contribution is -0.271. The van der Waals surface area contributed by atoms with E-state index in [2.05, 4.69) is 6.92 Å². The number of rotatable bonds is 22. The van der Waals surface area contributed by atoms with E-state index in [9.17, 15) is 15.3 Å². The van der Waals surface area contributed by atoms with Crippen molar-refractivity contribution in [3.63, 3.8) is 0 Å². The molecular formula is C26H53NO7. The molecule has 0 aromatic carbocycles. The SMILES string of the molecule is CCCCCCCCCCCCCCCCOC[C@H](CO[C@H]1O[C@H](CO)[C@H](O)[C@H](O)[C@H]1N)OC. The first-order valence-corrected chi connectivity index (χ1v) is 13.6. The number of hydrogen-bond donors (Lipinski definition) is 4. The summed E-state index contributed by atoms with van der Waals surface area (Å²) in [7, 11) is 1.58. The van der Waals surface area contributed by atoms with Gasteiger partial charge in [0.05, 0.1) is 25.9 Å². The van der Waals surface area contributed by atoms with Crippen LogP contribution in [-0.4, -0.2) is 85.6 Å². The van der Waals surface area contributed by atoms with Gasteiger partial charge in [-0.05, 0) is 6.42 Å². The largest absolute Gasteiger partial charge is 0.394 e. The number of hydrogen-bond acceptors (Lipinski definition) is 8. The predicted molar refractivity (Wildman–Crippen MR) is 134 cm³/mol. The van der Waals surface area contributed by atoms with Crippen molar-refractivity contribution >= 4 is 0 Å². The van der Waals surface area contributed by atoms with Gasteiger partial charge in [-0.2, -0.15) is 0 Å². The first-order valence-electron chi connectivity index (χ1n) is 13.6. The van der Waals surface area contributed by atoms with Crippen LogP contribution in [0.15, 0.2) is 0 Å². The lowest BCUT2D eigenvalue weighted by Crippen LogP contribution is -2.62. The molecule has 0 aromatic rings. The van der Waals surface area contributed by atoms with Gasteiger partial charge in [-0.3, -0.25) is 0 Å². The Labute approximate surface area is 207 Å². The van der Waals surface area contributed by atoms with Crippen molar-refractivity contribution in [2.75, 3.05) is 33.5 Å². The van der Waals surface area contributed by atoms with E-state index >= 15 is 0 Å². The molecule has 1 aliphatic rings. The first-order chi connectivity index (χ1) is 16.5. The van der Waals surface area contributed by atoms with Gasteiger partial charge in [0.25, 0.3) is 0 Å². The number of ether oxygens (including phenoxy) is 4. The van der Waals surface area contributed by atoms with Crippen LogP contribution in [0.2, 0.25) is 0 Å². The molecule has 34 heavy (non-hydrogen) atoms. The topological polar surface area (TPSA) is 124 Å². The Hall–Kier alpha value is -0.320. The van der Waals surface area contributed by atoms with E-state index < -0.39 is 37.3 Å². The Morgan fingerprint density at radius 3 is 1.82 bits per heavy atom. The minimum absolute atomic E-state index is 0.175. The molecule has 0 spiro atoms. The summed E-state index contributed by atoms with van der Waals surface area (Å²) in [6.07, 6.45) is 14.0. The van der Waals surface area contributed by atoms with Gasteiger partial charge in [0.2, 0.25) is 0 Å². The predicted octanol–water partition coefficient (Wildman–Crippen LogP) is 3.28. The maximum absolute atomic E-state index is 10.00. The monoisotopic (exact) mass is 491 g/mol. The summed E-state index contributed by atoms with van der Waals surface area (Å²) in [5.41, 5.74) is 5.88. The van der Waals surface area contributed by atoms with Gasteiger partial charge >= 0.3 is 0 Å². The van der Waals surface area contributed by atoms with Gasteiger partial charge in [0.15, 0.2) is 6.29 Å². The molecule has 0 radical (unpaired) electrons. The van der Waals surface area contributed by atoms with Crippen molar-refractivity contribution in [2.45, 2.75) is 134 Å². The molecule has 0 aliphatic carbocycles. The Balaban J connectivity index is 1.97. The summed E-state index contributed by atoms with van der Waals surface area (Å²) in [6.45, 7) is 3.10. The van der Waals surface area contributed by atoms with Gasteiger partial charge in [-0.25, -0.2) is 0 Å². The molecule has 8 heteroatoms. The van der Waals surface area contributed by atoms with Gasteiger partial charge in [0, 0.05) is 13.7 Å². The van der Waals surface area contributed by atoms with Crippen LogP contribution in [0.1, 0.15) is 96.8 Å². The van der Waals surface area contributed by atoms with E-state index in [1.807, 2.05) is 0 Å². The Kier molecular flexibility index (Phi) is 19.4. The van der Waals surface area contributed by atoms with Crippen molar-refractivity contribution < 1.29 is 34.3 Å². The highest BCUT2D eigenvalue weighted by atomic mass is 16.7. The van der Waals surface area contributed by atoms with Gasteiger partial charge in [-0.1, -0.05) is 90.4 Å². The van der Waals surface area contributed by atoms with Crippen LogP contribution in [0.5, 0.6) is 0 Å². The fraction of sp³-hybridized carbons (Fsp3) is 1.00. The normalized spacial score (nSPS) is 26.1. The molecule has 0 bridgehead atoms. The molecular weight excluding hydrogens is 438 g/mol. The van der Waals surface area contributed by atoms with Crippen molar-refractivity contribution in [1.29, 1.82) is 0 Å². The minimum Gasteiger partial charge on any atom is -0.394 e. The van der Waals surface area contributed by atoms with Crippen LogP contribution in [-0.2, 0) is 18.9 Å². The van der Waals surface area contributed by atoms with E-state index in [-0.39, 0.29) is 12.7 Å². The van der Waals surface area contributed by atoms with E-state index in [1.165, 1.54) is 83.5 Å². The van der Waals surface area contributed by atoms with Crippen LogP contribution in [0, 0.1) is 0 Å². The van der Waals surface area contributed by atoms with E-state index in [1.54, 1.807) is 7.11 Å². The summed E-state index contributed by atoms with van der Waals surface area (Å²) >= 11 is 0. The average Bonchev–Trinajstić information content (AvgIpc) is 2.85. The number of unbranched alkanes of at least 4 members (excludes halogenated alkanes) is 13. The minimum atomic E-state index is -1.24. The molecule has 0 aromatic heterocycles. The summed E-state index contributed by atoms with van der Waals surface area (Å²) in [5, 5.41) is 29.1. The second-order valence-electron chi connectivity index (χ2n) is 9.65. The molecule has 8 nitrogen and oxygen atoms in total. The molecule has 1 fully saturated rings. The second kappa shape index (κ2) is 20.8. The third-order valence-corrected chi connectivity index (χ3v) is 6.65. The smallest absolute Gasteiger partial charge is 0.175 e. The van der Waals surface area contributed by atoms with Gasteiger partial charge in [-0.15, -0.1) is 0 Å². The lowest BCUT2D eigenvalue weighted by Gasteiger charge is -2.40. The Morgan fingerprint density at radius 2 is 1.32 bits per heavy atom. The number of nitrogens with two attached hydrogens (primary N) is 1. The molecule has 0 amide bonds. The number of methoxy groups -OCH3 is 1. The average molecular weight is 492 g/mol. The zero-order valence-electron chi connectivity index (χ0n) is 21.7. The molecule has 1 rings (SSSR count). The Bertz CT molecular complexity index is 455. The third-order valence-electron chi connectivity index (χ3n) is 6.65. The summed E-state index contributed by atoms with van der Waals surface area (Å²) in [6, 6.07) is -0.910. The molecule has 0 unspecified atom stereocenters. The van der Waals surface area contributed by atoms with Crippen molar-refractivity contribution in [3.05, 3.63) is 0 Å². The lowest BCUT2D eigenvalue weighted by atomic mass is 9.98. The fourth-order valence-electron chi connectivity index (χ4n) is 4.25. The third kappa shape index (κ3) is 13.7. The van der Waals surface area contributed by atoms with Crippen molar-refractivity contribution in [2.24, 2.45) is 5.73 Å². The highest BCUT2D eigenvalue weighted by molar-refractivity contribution is 4.91. The number of aliphatic hydroxyl groups excluding tert-OH is 3. The van der Waals surface area contributed by atoms with Crippen LogP contribution >= 0.6 is 0 Å². The summed E-state index contributed by atoms with van der Waals surface area (Å²) in [4.78, 5) is 0.